The first kappa shape index (κ1) is 122. The molecule has 0 fully saturated rings. The van der Waals surface area contributed by atoms with Crippen LogP contribution in [0.1, 0.15) is 306 Å². The van der Waals surface area contributed by atoms with Crippen molar-refractivity contribution in [1.82, 2.24) is 0 Å². The lowest BCUT2D eigenvalue weighted by molar-refractivity contribution is -0.137. The summed E-state index contributed by atoms with van der Waals surface area (Å²) in [4.78, 5) is 72.1. The number of aliphatic hydroxyl groups is 8. The van der Waals surface area contributed by atoms with E-state index >= 15 is 0 Å². The molecule has 0 spiro atoms. The third-order valence-electron chi connectivity index (χ3n) is 25.8. The van der Waals surface area contributed by atoms with Crippen LogP contribution in [-0.4, -0.2) is 174 Å². The minimum Gasteiger partial charge on any atom is -0.502 e. The van der Waals surface area contributed by atoms with Gasteiger partial charge in [-0.1, -0.05) is 174 Å². The van der Waals surface area contributed by atoms with Crippen LogP contribution < -0.4 is 0 Å². The zero-order chi connectivity index (χ0) is 101. The van der Waals surface area contributed by atoms with Crippen LogP contribution in [0.15, 0.2) is 197 Å². The van der Waals surface area contributed by atoms with Gasteiger partial charge in [-0.2, -0.15) is 0 Å². The van der Waals surface area contributed by atoms with Crippen molar-refractivity contribution < 1.29 is 113 Å². The van der Waals surface area contributed by atoms with Gasteiger partial charge in [0, 0.05) is 65.6 Å². The number of hydrogen-bond donors (Lipinski definition) is 9. The molecule has 5 rings (SSSR count). The first-order chi connectivity index (χ1) is 62.4. The molecule has 0 saturated carbocycles. The normalized spacial score (nSPS) is 24.4. The highest BCUT2D eigenvalue weighted by Crippen LogP contribution is 2.41. The average Bonchev–Trinajstić information content (AvgIpc) is 0.755. The second-order valence-electron chi connectivity index (χ2n) is 38.3. The van der Waals surface area contributed by atoms with Gasteiger partial charge in [-0.05, 0) is 265 Å². The average molecular weight is 1860 g/mol. The molecule has 0 aromatic rings. The standard InChI is InChI=1S/C24H40O5.C24H38O4.2C23H36O4.C16H24O6/c1-16(12-9-15-24(4,5)27)10-8-11-17(2)13-14-19-18(3)20(25)22(28-6)23(29-7)21(19)26;1-16(2)10-8-11-17(3)12-9-13-18(4)14-15-20-19(5)21(25)23(27-6)24(28-7)22(20)26;2*1-15(2)9-7-10-16(3)11-8-12-17(4)13-14-19-18(5)20(24)22(26)23(27-6)21(19)25;1-9(6-8-12(17)18)5-7-11-10(2)13(19)15(21-3)16(22-4)14(11)20/h10,13,18-19,21,26-27H,8-9,11-12,14-15H2,1-7H3;10,12,14,19-20,22,26H,8-9,11,13,15H2,1-7H3;2*9,11,13,18-19,21,25-26H,7-8,10,12,14H2,1-6H3;5,10-11,14,20H,6-8H2,1-4H3,(H,17,18)/b16-10+,17-13+;17-12+,18-14+;2*16-11+,17-13+;9-5+. The number of aliphatic carboxylic acids is 1. The minimum absolute atomic E-state index is 0.0101. The number of aliphatic hydroxyl groups excluding tert-OH is 7. The van der Waals surface area contributed by atoms with Crippen molar-refractivity contribution in [1.29, 1.82) is 0 Å². The maximum atomic E-state index is 12.5. The van der Waals surface area contributed by atoms with Crippen LogP contribution >= 0.6 is 0 Å². The Balaban J connectivity index is 0.000000833. The zero-order valence-corrected chi connectivity index (χ0v) is 86.8. The second kappa shape index (κ2) is 63.5. The molecular weight excluding hydrogens is 1690 g/mol. The largest absolute Gasteiger partial charge is 0.502 e. The van der Waals surface area contributed by atoms with Crippen molar-refractivity contribution in [2.75, 3.05) is 56.9 Å². The molecule has 0 aromatic carbocycles. The van der Waals surface area contributed by atoms with Gasteiger partial charge in [0.1, 0.15) is 30.5 Å². The van der Waals surface area contributed by atoms with Crippen molar-refractivity contribution in [3.63, 3.8) is 0 Å². The van der Waals surface area contributed by atoms with Crippen molar-refractivity contribution >= 4 is 34.9 Å². The number of rotatable bonds is 46. The highest BCUT2D eigenvalue weighted by molar-refractivity contribution is 5.99. The molecule has 0 bridgehead atoms. The molecule has 0 aliphatic heterocycles. The number of ketones is 5. The Morgan fingerprint density at radius 2 is 0.481 bits per heavy atom. The van der Waals surface area contributed by atoms with E-state index in [0.29, 0.717) is 38.5 Å². The fraction of sp³-hybridized carbons (Fsp3) is 0.636. The summed E-state index contributed by atoms with van der Waals surface area (Å²) in [6, 6.07) is 0. The number of ether oxygens (including phenoxy) is 8. The van der Waals surface area contributed by atoms with Crippen LogP contribution in [-0.2, 0) is 66.7 Å². The Bertz CT molecular complexity index is 4180. The summed E-state index contributed by atoms with van der Waals surface area (Å²) >= 11 is 0. The van der Waals surface area contributed by atoms with E-state index in [-0.39, 0.29) is 123 Å². The number of carbonyl (C=O) groups is 6. The number of carboxylic acids is 1. The second-order valence-corrected chi connectivity index (χ2v) is 38.3. The predicted octanol–water partition coefficient (Wildman–Crippen LogP) is 22.9. The Kier molecular flexibility index (Phi) is 58.3. The third kappa shape index (κ3) is 42.5. The molecule has 15 atom stereocenters. The molecule has 0 radical (unpaired) electrons. The van der Waals surface area contributed by atoms with E-state index in [2.05, 4.69) is 164 Å². The van der Waals surface area contributed by atoms with Crippen molar-refractivity contribution in [3.05, 3.63) is 197 Å². The van der Waals surface area contributed by atoms with Gasteiger partial charge in [0.05, 0.1) is 62.5 Å². The van der Waals surface area contributed by atoms with Crippen LogP contribution in [0.5, 0.6) is 0 Å². The van der Waals surface area contributed by atoms with Crippen LogP contribution in [0.25, 0.3) is 0 Å². The monoisotopic (exact) mass is 1860 g/mol. The molecule has 5 aliphatic carbocycles. The number of allylic oxidation sites excluding steroid dienone is 29. The summed E-state index contributed by atoms with van der Waals surface area (Å²) in [5, 5.41) is 90.7. The van der Waals surface area contributed by atoms with E-state index in [1.807, 2.05) is 40.7 Å². The summed E-state index contributed by atoms with van der Waals surface area (Å²) in [5.41, 5.74) is 15.0. The minimum atomic E-state index is -0.955. The van der Waals surface area contributed by atoms with E-state index in [4.69, 9.17) is 43.0 Å². The first-order valence-corrected chi connectivity index (χ1v) is 47.7. The molecule has 5 aliphatic rings. The van der Waals surface area contributed by atoms with Crippen LogP contribution in [0.2, 0.25) is 0 Å². The molecule has 0 amide bonds. The zero-order valence-electron chi connectivity index (χ0n) is 86.8. The van der Waals surface area contributed by atoms with E-state index in [0.717, 1.165) is 115 Å². The fourth-order valence-electron chi connectivity index (χ4n) is 16.7. The number of carbonyl (C=O) groups excluding carboxylic acids is 5. The van der Waals surface area contributed by atoms with Gasteiger partial charge in [0.15, 0.2) is 40.3 Å². The molecule has 15 unspecified atom stereocenters. The van der Waals surface area contributed by atoms with Gasteiger partial charge in [-0.25, -0.2) is 0 Å². The Morgan fingerprint density at radius 3 is 0.684 bits per heavy atom. The third-order valence-corrected chi connectivity index (χ3v) is 25.8. The van der Waals surface area contributed by atoms with Gasteiger partial charge >= 0.3 is 5.97 Å². The molecule has 9 N–H and O–H groups in total. The fourth-order valence-corrected chi connectivity index (χ4v) is 16.7. The molecule has 0 saturated heterocycles. The van der Waals surface area contributed by atoms with Gasteiger partial charge in [-0.3, -0.25) is 28.8 Å². The lowest BCUT2D eigenvalue weighted by atomic mass is 9.77. The Morgan fingerprint density at radius 1 is 0.286 bits per heavy atom. The molecule has 23 nitrogen and oxygen atoms in total. The number of methoxy groups -OCH3 is 8. The van der Waals surface area contributed by atoms with E-state index in [1.165, 1.54) is 118 Å². The quantitative estimate of drug-likeness (QED) is 0.0256. The SMILES string of the molecule is COC1=C(O)C(=O)C(C)C(C/C=C(\C)CC/C=C(\C)CCC=C(C)C)C1O.COC1=C(O)C(=O)C(C)C(C/C=C(\C)CC/C=C(\C)CCC=C(C)C)C1O.COC1=C(OC)C(O)C(C/C=C(\C)CC/C=C(\C)CCC=C(C)C)C(C)C1=O.COC1=C(OC)C(O)C(C/C=C(\C)CC/C=C(\C)CCCC(C)(C)O)C(C)C1=O.COC1=C(OC)C(O)C(C/C=C(\C)CCC(=O)O)C(C)C1=O. The van der Waals surface area contributed by atoms with E-state index in [9.17, 15) is 69.6 Å². The number of carboxylic acid groups (broad SMARTS) is 1. The van der Waals surface area contributed by atoms with E-state index < -0.39 is 71.4 Å². The topological polar surface area (TPSA) is 358 Å². The van der Waals surface area contributed by atoms with Crippen LogP contribution in [0.4, 0.5) is 0 Å². The molecule has 0 heterocycles. The number of hydrogen-bond acceptors (Lipinski definition) is 22. The van der Waals surface area contributed by atoms with Crippen molar-refractivity contribution in [2.45, 2.75) is 343 Å². The molecule has 752 valence electrons. The van der Waals surface area contributed by atoms with Crippen molar-refractivity contribution in [2.24, 2.45) is 59.2 Å². The summed E-state index contributed by atoms with van der Waals surface area (Å²) in [6.07, 6.45) is 42.5. The molecular formula is C110H174O23. The van der Waals surface area contributed by atoms with Gasteiger partial charge in [0.2, 0.25) is 46.2 Å². The summed E-state index contributed by atoms with van der Waals surface area (Å²) in [5.74, 6) is -5.04. The van der Waals surface area contributed by atoms with Gasteiger partial charge in [0.25, 0.3) is 0 Å². The van der Waals surface area contributed by atoms with E-state index in [1.54, 1.807) is 20.8 Å². The predicted molar refractivity (Wildman–Crippen MR) is 532 cm³/mol. The summed E-state index contributed by atoms with van der Waals surface area (Å²) < 4.78 is 41.1. The maximum absolute atomic E-state index is 12.5. The van der Waals surface area contributed by atoms with Crippen LogP contribution in [0.3, 0.4) is 0 Å². The number of Topliss-reactive ketones (excluding diaryl/α,β-unsaturated/α-hetero) is 5. The maximum Gasteiger partial charge on any atom is 0.303 e. The van der Waals surface area contributed by atoms with Crippen LogP contribution in [0, 0.1) is 59.2 Å². The smallest absolute Gasteiger partial charge is 0.303 e. The first-order valence-electron chi connectivity index (χ1n) is 47.7. The lowest BCUT2D eigenvalue weighted by Gasteiger charge is -2.33. The molecule has 23 heteroatoms. The Labute approximate surface area is 799 Å². The van der Waals surface area contributed by atoms with Gasteiger partial charge < -0.3 is 83.9 Å². The summed E-state index contributed by atoms with van der Waals surface area (Å²) in [7, 11) is 11.3. The Hall–Kier alpha value is -8.84. The molecule has 0 aromatic heterocycles. The summed E-state index contributed by atoms with van der Waals surface area (Å²) in [6.45, 7) is 44.3. The van der Waals surface area contributed by atoms with Gasteiger partial charge in [-0.15, -0.1) is 0 Å². The lowest BCUT2D eigenvalue weighted by Crippen LogP contribution is -2.40. The highest BCUT2D eigenvalue weighted by atomic mass is 16.5. The van der Waals surface area contributed by atoms with Crippen molar-refractivity contribution in [3.8, 4) is 0 Å². The molecule has 133 heavy (non-hydrogen) atoms. The highest BCUT2D eigenvalue weighted by Gasteiger charge is 2.47.